The summed E-state index contributed by atoms with van der Waals surface area (Å²) in [6.45, 7) is 3.73. The van der Waals surface area contributed by atoms with Crippen molar-refractivity contribution in [2.45, 2.75) is 38.6 Å². The maximum absolute atomic E-state index is 12.3. The lowest BCUT2D eigenvalue weighted by Crippen LogP contribution is -2.27. The average molecular weight is 245 g/mol. The van der Waals surface area contributed by atoms with Crippen molar-refractivity contribution in [3.05, 3.63) is 23.4 Å². The van der Waals surface area contributed by atoms with Crippen molar-refractivity contribution in [1.29, 1.82) is 0 Å². The Hall–Kier alpha value is -1.58. The smallest absolute Gasteiger partial charge is 0.254 e. The van der Waals surface area contributed by atoms with Gasteiger partial charge < -0.3 is 10.2 Å². The summed E-state index contributed by atoms with van der Waals surface area (Å²) in [5.74, 6) is 0.997. The number of aromatic nitrogens is 1. The molecule has 2 aliphatic rings. The first kappa shape index (κ1) is 11.5. The Balaban J connectivity index is 1.80. The Morgan fingerprint density at radius 3 is 2.72 bits per heavy atom. The second-order valence-electron chi connectivity index (χ2n) is 5.30. The molecule has 1 saturated carbocycles. The molecule has 0 unspecified atom stereocenters. The van der Waals surface area contributed by atoms with E-state index in [1.807, 2.05) is 24.0 Å². The van der Waals surface area contributed by atoms with Crippen molar-refractivity contribution >= 4 is 11.7 Å². The molecule has 1 saturated heterocycles. The number of aryl methyl sites for hydroxylation is 1. The van der Waals surface area contributed by atoms with Crippen LogP contribution in [-0.2, 0) is 0 Å². The zero-order chi connectivity index (χ0) is 12.5. The van der Waals surface area contributed by atoms with E-state index in [0.717, 1.165) is 43.0 Å². The summed E-state index contributed by atoms with van der Waals surface area (Å²) in [6.07, 6.45) is 4.68. The second-order valence-corrected chi connectivity index (χ2v) is 5.30. The standard InChI is InChI=1S/C14H19N3O/c1-10-8-11(14(18)17-6-2-3-7-17)9-13(15-10)16-12-4-5-12/h8-9,12H,2-7H2,1H3,(H,15,16). The number of pyridine rings is 1. The molecule has 96 valence electrons. The van der Waals surface area contributed by atoms with Gasteiger partial charge in [0.05, 0.1) is 0 Å². The minimum Gasteiger partial charge on any atom is -0.367 e. The first-order chi connectivity index (χ1) is 8.72. The third kappa shape index (κ3) is 2.47. The number of nitrogens with zero attached hydrogens (tertiary/aromatic N) is 2. The zero-order valence-electron chi connectivity index (χ0n) is 10.8. The van der Waals surface area contributed by atoms with E-state index in [1.165, 1.54) is 12.8 Å². The molecule has 4 heteroatoms. The van der Waals surface area contributed by atoms with Gasteiger partial charge in [0.2, 0.25) is 0 Å². The van der Waals surface area contributed by atoms with Gasteiger partial charge in [-0.25, -0.2) is 4.98 Å². The summed E-state index contributed by atoms with van der Waals surface area (Å²) in [4.78, 5) is 18.7. The van der Waals surface area contributed by atoms with Gasteiger partial charge in [-0.2, -0.15) is 0 Å². The molecule has 1 aromatic heterocycles. The number of rotatable bonds is 3. The maximum Gasteiger partial charge on any atom is 0.254 e. The molecule has 0 spiro atoms. The summed E-state index contributed by atoms with van der Waals surface area (Å²) < 4.78 is 0. The Bertz CT molecular complexity index is 462. The van der Waals surface area contributed by atoms with Gasteiger partial charge in [-0.15, -0.1) is 0 Å². The van der Waals surface area contributed by atoms with Crippen LogP contribution in [-0.4, -0.2) is 34.9 Å². The van der Waals surface area contributed by atoms with Crippen LogP contribution in [0.3, 0.4) is 0 Å². The van der Waals surface area contributed by atoms with Crippen LogP contribution >= 0.6 is 0 Å². The fourth-order valence-electron chi connectivity index (χ4n) is 2.41. The molecule has 18 heavy (non-hydrogen) atoms. The molecule has 4 nitrogen and oxygen atoms in total. The van der Waals surface area contributed by atoms with Gasteiger partial charge in [0, 0.05) is 30.4 Å². The molecule has 2 heterocycles. The highest BCUT2D eigenvalue weighted by molar-refractivity contribution is 5.95. The Morgan fingerprint density at radius 1 is 1.33 bits per heavy atom. The topological polar surface area (TPSA) is 45.2 Å². The molecule has 0 aromatic carbocycles. The Kier molecular flexibility index (Phi) is 2.94. The van der Waals surface area contributed by atoms with Crippen LogP contribution in [0.4, 0.5) is 5.82 Å². The largest absolute Gasteiger partial charge is 0.367 e. The average Bonchev–Trinajstić information content (AvgIpc) is 2.98. The van der Waals surface area contributed by atoms with Crippen LogP contribution in [0.25, 0.3) is 0 Å². The second kappa shape index (κ2) is 4.59. The monoisotopic (exact) mass is 245 g/mol. The van der Waals surface area contributed by atoms with Gasteiger partial charge in [0.25, 0.3) is 5.91 Å². The minimum atomic E-state index is 0.150. The maximum atomic E-state index is 12.3. The van der Waals surface area contributed by atoms with Gasteiger partial charge in [-0.1, -0.05) is 0 Å². The van der Waals surface area contributed by atoms with Crippen molar-refractivity contribution in [3.63, 3.8) is 0 Å². The van der Waals surface area contributed by atoms with Crippen LogP contribution in [0.15, 0.2) is 12.1 Å². The Labute approximate surface area is 107 Å². The van der Waals surface area contributed by atoms with Crippen molar-refractivity contribution in [3.8, 4) is 0 Å². The molecule has 0 atom stereocenters. The zero-order valence-corrected chi connectivity index (χ0v) is 10.8. The summed E-state index contributed by atoms with van der Waals surface area (Å²) in [6, 6.07) is 4.35. The highest BCUT2D eigenvalue weighted by Gasteiger charge is 2.23. The number of carbonyl (C=O) groups excluding carboxylic acids is 1. The third-order valence-corrected chi connectivity index (χ3v) is 3.52. The molecule has 2 fully saturated rings. The van der Waals surface area contributed by atoms with Gasteiger partial charge >= 0.3 is 0 Å². The van der Waals surface area contributed by atoms with E-state index in [0.29, 0.717) is 6.04 Å². The Morgan fingerprint density at radius 2 is 2.06 bits per heavy atom. The number of anilines is 1. The van der Waals surface area contributed by atoms with Gasteiger partial charge in [0.15, 0.2) is 0 Å². The van der Waals surface area contributed by atoms with E-state index in [4.69, 9.17) is 0 Å². The van der Waals surface area contributed by atoms with Gasteiger partial charge in [-0.3, -0.25) is 4.79 Å². The predicted molar refractivity (Wildman–Crippen MR) is 70.8 cm³/mol. The lowest BCUT2D eigenvalue weighted by molar-refractivity contribution is 0.0792. The first-order valence-corrected chi connectivity index (χ1v) is 6.77. The van der Waals surface area contributed by atoms with E-state index in [1.54, 1.807) is 0 Å². The van der Waals surface area contributed by atoms with E-state index < -0.39 is 0 Å². The predicted octanol–water partition coefficient (Wildman–Crippen LogP) is 2.20. The molecule has 0 radical (unpaired) electrons. The molecule has 1 aliphatic heterocycles. The molecule has 1 N–H and O–H groups in total. The number of hydrogen-bond donors (Lipinski definition) is 1. The summed E-state index contributed by atoms with van der Waals surface area (Å²) >= 11 is 0. The molecule has 3 rings (SSSR count). The van der Waals surface area contributed by atoms with E-state index >= 15 is 0 Å². The van der Waals surface area contributed by atoms with Crippen molar-refractivity contribution < 1.29 is 4.79 Å². The van der Waals surface area contributed by atoms with Crippen LogP contribution < -0.4 is 5.32 Å². The van der Waals surface area contributed by atoms with Crippen LogP contribution in [0, 0.1) is 6.92 Å². The summed E-state index contributed by atoms with van der Waals surface area (Å²) in [7, 11) is 0. The normalized spacial score (nSPS) is 19.1. The lowest BCUT2D eigenvalue weighted by atomic mass is 10.2. The highest BCUT2D eigenvalue weighted by atomic mass is 16.2. The number of likely N-dealkylation sites (tertiary alicyclic amines) is 1. The minimum absolute atomic E-state index is 0.150. The molecule has 1 aromatic rings. The lowest BCUT2D eigenvalue weighted by Gasteiger charge is -2.16. The quantitative estimate of drug-likeness (QED) is 0.888. The van der Waals surface area contributed by atoms with Gasteiger partial charge in [-0.05, 0) is 44.7 Å². The van der Waals surface area contributed by atoms with E-state index in [-0.39, 0.29) is 5.91 Å². The fraction of sp³-hybridized carbons (Fsp3) is 0.571. The summed E-state index contributed by atoms with van der Waals surface area (Å²) in [5, 5.41) is 3.36. The number of amides is 1. The number of carbonyl (C=O) groups is 1. The summed E-state index contributed by atoms with van der Waals surface area (Å²) in [5.41, 5.74) is 1.68. The van der Waals surface area contributed by atoms with Crippen molar-refractivity contribution in [1.82, 2.24) is 9.88 Å². The van der Waals surface area contributed by atoms with Crippen LogP contribution in [0.5, 0.6) is 0 Å². The molecule has 1 amide bonds. The SMILES string of the molecule is Cc1cc(C(=O)N2CCCC2)cc(NC2CC2)n1. The van der Waals surface area contributed by atoms with Crippen LogP contribution in [0.1, 0.15) is 41.7 Å². The highest BCUT2D eigenvalue weighted by Crippen LogP contribution is 2.25. The number of hydrogen-bond acceptors (Lipinski definition) is 3. The molecular weight excluding hydrogens is 226 g/mol. The van der Waals surface area contributed by atoms with Crippen molar-refractivity contribution in [2.24, 2.45) is 0 Å². The first-order valence-electron chi connectivity index (χ1n) is 6.77. The molecule has 0 bridgehead atoms. The van der Waals surface area contributed by atoms with Gasteiger partial charge in [0.1, 0.15) is 5.82 Å². The number of nitrogens with one attached hydrogen (secondary N) is 1. The molecule has 1 aliphatic carbocycles. The third-order valence-electron chi connectivity index (χ3n) is 3.52. The van der Waals surface area contributed by atoms with E-state index in [9.17, 15) is 4.79 Å². The molecular formula is C14H19N3O. The van der Waals surface area contributed by atoms with Crippen molar-refractivity contribution in [2.75, 3.05) is 18.4 Å². The van der Waals surface area contributed by atoms with Crippen LogP contribution in [0.2, 0.25) is 0 Å². The fourth-order valence-corrected chi connectivity index (χ4v) is 2.41. The van der Waals surface area contributed by atoms with E-state index in [2.05, 4.69) is 10.3 Å².